The van der Waals surface area contributed by atoms with Gasteiger partial charge in [-0.05, 0) is 48.4 Å². The number of benzene rings is 4. The van der Waals surface area contributed by atoms with Gasteiger partial charge in [-0.3, -0.25) is 0 Å². The summed E-state index contributed by atoms with van der Waals surface area (Å²) in [6.07, 6.45) is 0. The summed E-state index contributed by atoms with van der Waals surface area (Å²) in [5.41, 5.74) is 6.44. The van der Waals surface area contributed by atoms with Gasteiger partial charge in [0.2, 0.25) is 0 Å². The molecule has 0 N–H and O–H groups in total. The van der Waals surface area contributed by atoms with Crippen molar-refractivity contribution in [2.45, 2.75) is 6.92 Å². The smallest absolute Gasteiger partial charge is 0.345 e. The van der Waals surface area contributed by atoms with E-state index >= 15 is 0 Å². The van der Waals surface area contributed by atoms with Gasteiger partial charge in [0.05, 0.1) is 22.6 Å². The van der Waals surface area contributed by atoms with Crippen molar-refractivity contribution in [2.75, 3.05) is 4.90 Å². The average Bonchev–Trinajstić information content (AvgIpc) is 2.88. The Balaban J connectivity index is 1.82. The lowest BCUT2D eigenvalue weighted by Gasteiger charge is -2.28. The van der Waals surface area contributed by atoms with Crippen molar-refractivity contribution >= 4 is 23.0 Å². The Hall–Kier alpha value is -3.85. The van der Waals surface area contributed by atoms with Crippen LogP contribution in [0.15, 0.2) is 97.1 Å². The van der Waals surface area contributed by atoms with E-state index in [4.69, 9.17) is 4.74 Å². The number of esters is 1. The lowest BCUT2D eigenvalue weighted by molar-refractivity contribution is 0.0738. The molecule has 0 aliphatic carbocycles. The molecule has 5 rings (SSSR count). The van der Waals surface area contributed by atoms with Gasteiger partial charge in [0.15, 0.2) is 5.75 Å². The summed E-state index contributed by atoms with van der Waals surface area (Å²) >= 11 is 0. The van der Waals surface area contributed by atoms with Gasteiger partial charge in [0, 0.05) is 5.56 Å². The third-order valence-corrected chi connectivity index (χ3v) is 5.15. The van der Waals surface area contributed by atoms with Crippen LogP contribution in [-0.4, -0.2) is 5.97 Å². The van der Waals surface area contributed by atoms with Crippen molar-refractivity contribution in [3.8, 4) is 16.9 Å². The molecule has 3 nitrogen and oxygen atoms in total. The zero-order valence-corrected chi connectivity index (χ0v) is 16.0. The number of carbonyl (C=O) groups is 1. The molecule has 0 saturated carbocycles. The highest BCUT2D eigenvalue weighted by atomic mass is 16.5. The molecule has 0 saturated heterocycles. The van der Waals surface area contributed by atoms with Gasteiger partial charge in [-0.25, -0.2) is 4.79 Å². The topological polar surface area (TPSA) is 29.5 Å². The Kier molecular flexibility index (Phi) is 4.14. The molecule has 0 radical (unpaired) electrons. The Morgan fingerprint density at radius 3 is 2.03 bits per heavy atom. The van der Waals surface area contributed by atoms with Crippen LogP contribution in [0.25, 0.3) is 11.1 Å². The minimum absolute atomic E-state index is 0.341. The van der Waals surface area contributed by atoms with Crippen molar-refractivity contribution in [1.29, 1.82) is 0 Å². The number of carbonyl (C=O) groups excluding carboxylic acids is 1. The molecular formula is C26H19NO2. The summed E-state index contributed by atoms with van der Waals surface area (Å²) in [5.74, 6) is 0.223. The Labute approximate surface area is 169 Å². The number of para-hydroxylation sites is 2. The molecule has 1 aliphatic rings. The van der Waals surface area contributed by atoms with E-state index in [-0.39, 0.29) is 5.97 Å². The first-order valence-electron chi connectivity index (χ1n) is 9.59. The maximum Gasteiger partial charge on any atom is 0.345 e. The molecule has 4 aromatic rings. The first-order chi connectivity index (χ1) is 14.2. The minimum Gasteiger partial charge on any atom is -0.421 e. The number of hydrogen-bond acceptors (Lipinski definition) is 3. The van der Waals surface area contributed by atoms with Crippen LogP contribution < -0.4 is 9.64 Å². The van der Waals surface area contributed by atoms with Gasteiger partial charge >= 0.3 is 5.97 Å². The van der Waals surface area contributed by atoms with Crippen molar-refractivity contribution in [3.63, 3.8) is 0 Å². The van der Waals surface area contributed by atoms with Gasteiger partial charge in [-0.2, -0.15) is 0 Å². The SMILES string of the molecule is Cc1ccc2c(c1)OC(=O)c1ccccc1N2c1ccccc1-c1ccccc1. The van der Waals surface area contributed by atoms with Gasteiger partial charge in [-0.1, -0.05) is 66.7 Å². The van der Waals surface area contributed by atoms with E-state index in [1.165, 1.54) is 0 Å². The first-order valence-corrected chi connectivity index (χ1v) is 9.59. The van der Waals surface area contributed by atoms with E-state index < -0.39 is 0 Å². The normalized spacial score (nSPS) is 12.6. The highest BCUT2D eigenvalue weighted by Crippen LogP contribution is 2.47. The molecule has 0 fully saturated rings. The highest BCUT2D eigenvalue weighted by Gasteiger charge is 2.29. The van der Waals surface area contributed by atoms with Crippen LogP contribution in [0.4, 0.5) is 17.1 Å². The second kappa shape index (κ2) is 6.95. The fourth-order valence-corrected chi connectivity index (χ4v) is 3.80. The zero-order valence-electron chi connectivity index (χ0n) is 16.0. The molecule has 0 bridgehead atoms. The zero-order chi connectivity index (χ0) is 19.8. The molecule has 0 unspecified atom stereocenters. The van der Waals surface area contributed by atoms with Crippen molar-refractivity contribution in [1.82, 2.24) is 0 Å². The van der Waals surface area contributed by atoms with E-state index in [0.717, 1.165) is 33.8 Å². The second-order valence-electron chi connectivity index (χ2n) is 7.10. The quantitative estimate of drug-likeness (QED) is 0.289. The van der Waals surface area contributed by atoms with Crippen LogP contribution in [0.1, 0.15) is 15.9 Å². The highest BCUT2D eigenvalue weighted by molar-refractivity contribution is 6.04. The molecular weight excluding hydrogens is 358 g/mol. The number of ether oxygens (including phenoxy) is 1. The van der Waals surface area contributed by atoms with Crippen LogP contribution >= 0.6 is 0 Å². The summed E-state index contributed by atoms with van der Waals surface area (Å²) in [6.45, 7) is 1.99. The predicted octanol–water partition coefficient (Wildman–Crippen LogP) is 6.66. The van der Waals surface area contributed by atoms with Crippen molar-refractivity contribution in [3.05, 3.63) is 108 Å². The molecule has 29 heavy (non-hydrogen) atoms. The second-order valence-corrected chi connectivity index (χ2v) is 7.10. The molecule has 4 aromatic carbocycles. The standard InChI is InChI=1S/C26H19NO2/c1-18-15-16-24-25(17-18)29-26(28)21-12-6-8-14-23(21)27(24)22-13-7-5-11-20(22)19-9-3-2-4-10-19/h2-17H,1H3. The van der Waals surface area contributed by atoms with Crippen molar-refractivity contribution in [2.24, 2.45) is 0 Å². The molecule has 0 aromatic heterocycles. The summed E-state index contributed by atoms with van der Waals surface area (Å²) in [5, 5.41) is 0. The number of rotatable bonds is 2. The number of nitrogens with zero attached hydrogens (tertiary/aromatic N) is 1. The summed E-state index contributed by atoms with van der Waals surface area (Å²) in [4.78, 5) is 15.0. The Bertz CT molecular complexity index is 1210. The van der Waals surface area contributed by atoms with Gasteiger partial charge in [-0.15, -0.1) is 0 Å². The number of hydrogen-bond donors (Lipinski definition) is 0. The van der Waals surface area contributed by atoms with E-state index in [1.807, 2.05) is 79.7 Å². The van der Waals surface area contributed by atoms with Gasteiger partial charge in [0.1, 0.15) is 0 Å². The lowest BCUT2D eigenvalue weighted by Crippen LogP contribution is -2.12. The summed E-state index contributed by atoms with van der Waals surface area (Å²) in [6, 6.07) is 32.1. The summed E-state index contributed by atoms with van der Waals surface area (Å²) in [7, 11) is 0. The molecule has 1 aliphatic heterocycles. The van der Waals surface area contributed by atoms with Crippen LogP contribution in [-0.2, 0) is 0 Å². The average molecular weight is 377 g/mol. The van der Waals surface area contributed by atoms with E-state index in [2.05, 4.69) is 29.2 Å². The maximum absolute atomic E-state index is 12.9. The van der Waals surface area contributed by atoms with Crippen LogP contribution in [0, 0.1) is 6.92 Å². The fourth-order valence-electron chi connectivity index (χ4n) is 3.80. The third kappa shape index (κ3) is 2.97. The van der Waals surface area contributed by atoms with Gasteiger partial charge < -0.3 is 9.64 Å². The number of fused-ring (bicyclic) bond motifs is 2. The van der Waals surface area contributed by atoms with E-state index in [1.54, 1.807) is 0 Å². The summed E-state index contributed by atoms with van der Waals surface area (Å²) < 4.78 is 5.78. The van der Waals surface area contributed by atoms with Crippen LogP contribution in [0.3, 0.4) is 0 Å². The Morgan fingerprint density at radius 1 is 0.655 bits per heavy atom. The van der Waals surface area contributed by atoms with E-state index in [0.29, 0.717) is 11.3 Å². The largest absolute Gasteiger partial charge is 0.421 e. The van der Waals surface area contributed by atoms with Crippen LogP contribution in [0.5, 0.6) is 5.75 Å². The first kappa shape index (κ1) is 17.3. The molecule has 1 heterocycles. The number of anilines is 3. The predicted molar refractivity (Wildman–Crippen MR) is 116 cm³/mol. The minimum atomic E-state index is -0.341. The molecule has 3 heteroatoms. The fraction of sp³-hybridized carbons (Fsp3) is 0.0385. The molecule has 0 amide bonds. The third-order valence-electron chi connectivity index (χ3n) is 5.15. The molecule has 140 valence electrons. The number of aryl methyl sites for hydroxylation is 1. The molecule has 0 spiro atoms. The van der Waals surface area contributed by atoms with E-state index in [9.17, 15) is 4.79 Å². The van der Waals surface area contributed by atoms with Crippen molar-refractivity contribution < 1.29 is 9.53 Å². The molecule has 0 atom stereocenters. The maximum atomic E-state index is 12.9. The Morgan fingerprint density at radius 2 is 1.28 bits per heavy atom. The van der Waals surface area contributed by atoms with Gasteiger partial charge in [0.25, 0.3) is 0 Å². The van der Waals surface area contributed by atoms with Crippen LogP contribution in [0.2, 0.25) is 0 Å². The monoisotopic (exact) mass is 377 g/mol. The lowest BCUT2D eigenvalue weighted by atomic mass is 10.0.